The van der Waals surface area contributed by atoms with Crippen LogP contribution in [-0.4, -0.2) is 44.3 Å². The normalized spacial score (nSPS) is 12.3. The summed E-state index contributed by atoms with van der Waals surface area (Å²) in [6.45, 7) is 5.22. The van der Waals surface area contributed by atoms with Crippen molar-refractivity contribution in [2.24, 2.45) is 5.92 Å². The van der Waals surface area contributed by atoms with Gasteiger partial charge in [0.15, 0.2) is 0 Å². The number of halogens is 1. The first-order chi connectivity index (χ1) is 15.4. The van der Waals surface area contributed by atoms with Crippen LogP contribution >= 0.6 is 11.6 Å². The number of nitro groups is 1. The summed E-state index contributed by atoms with van der Waals surface area (Å²) in [6, 6.07) is 8.99. The highest BCUT2D eigenvalue weighted by Gasteiger charge is 2.26. The predicted molar refractivity (Wildman–Crippen MR) is 124 cm³/mol. The van der Waals surface area contributed by atoms with Gasteiger partial charge in [0.05, 0.1) is 9.82 Å². The monoisotopic (exact) mass is 496 g/mol. The Balaban J connectivity index is 1.96. The molecule has 178 valence electrons. The fraction of sp³-hybridized carbons (Fsp3) is 0.333. The Bertz CT molecular complexity index is 1140. The lowest BCUT2D eigenvalue weighted by molar-refractivity contribution is -0.384. The van der Waals surface area contributed by atoms with Crippen LogP contribution in [0.2, 0.25) is 5.02 Å². The van der Waals surface area contributed by atoms with Crippen LogP contribution < -0.4 is 15.4 Å². The van der Waals surface area contributed by atoms with Gasteiger partial charge >= 0.3 is 0 Å². The molecule has 1 unspecified atom stereocenters. The van der Waals surface area contributed by atoms with Crippen LogP contribution in [0, 0.1) is 23.0 Å². The van der Waals surface area contributed by atoms with Gasteiger partial charge in [-0.15, -0.1) is 0 Å². The van der Waals surface area contributed by atoms with E-state index in [4.69, 9.17) is 11.6 Å². The molecule has 0 aromatic heterocycles. The minimum atomic E-state index is -3.72. The lowest BCUT2D eigenvalue weighted by atomic mass is 10.0. The summed E-state index contributed by atoms with van der Waals surface area (Å²) >= 11 is 5.77. The lowest BCUT2D eigenvalue weighted by Gasteiger charge is -2.22. The van der Waals surface area contributed by atoms with E-state index in [1.165, 1.54) is 24.3 Å². The third-order valence-corrected chi connectivity index (χ3v) is 6.48. The van der Waals surface area contributed by atoms with Crippen LogP contribution in [0.15, 0.2) is 47.4 Å². The third-order valence-electron chi connectivity index (χ3n) is 4.69. The number of sulfonamides is 1. The Labute approximate surface area is 196 Å². The minimum absolute atomic E-state index is 0.00453. The second-order valence-electron chi connectivity index (χ2n) is 7.62. The first-order valence-electron chi connectivity index (χ1n) is 10.0. The zero-order valence-corrected chi connectivity index (χ0v) is 19.9. The molecule has 2 aromatic rings. The van der Waals surface area contributed by atoms with Crippen LogP contribution in [-0.2, 0) is 14.8 Å². The van der Waals surface area contributed by atoms with Crippen molar-refractivity contribution in [3.8, 4) is 0 Å². The SMILES string of the molecule is Cc1ccc(S(=O)(=O)NCCNC(=O)C(NC(=O)c2ccc(Cl)c([N+](=O)[O-])c2)C(C)C)cc1. The Morgan fingerprint density at radius 1 is 1.09 bits per heavy atom. The summed E-state index contributed by atoms with van der Waals surface area (Å²) < 4.78 is 27.0. The molecule has 0 saturated heterocycles. The van der Waals surface area contributed by atoms with Gasteiger partial charge in [0.25, 0.3) is 11.6 Å². The highest BCUT2D eigenvalue weighted by atomic mass is 35.5. The van der Waals surface area contributed by atoms with E-state index in [-0.39, 0.29) is 34.5 Å². The van der Waals surface area contributed by atoms with Crippen molar-refractivity contribution in [2.45, 2.75) is 31.7 Å². The first kappa shape index (κ1) is 26.2. The van der Waals surface area contributed by atoms with Crippen molar-refractivity contribution in [1.82, 2.24) is 15.4 Å². The smallest absolute Gasteiger partial charge is 0.288 e. The van der Waals surface area contributed by atoms with Gasteiger partial charge in [-0.2, -0.15) is 0 Å². The number of aryl methyl sites for hydroxylation is 1. The molecule has 0 saturated carbocycles. The van der Waals surface area contributed by atoms with E-state index in [1.54, 1.807) is 26.0 Å². The molecule has 0 heterocycles. The standard InChI is InChI=1S/C21H25ClN4O6S/c1-13(2)19(25-20(27)15-6-9-17(22)18(12-15)26(29)30)21(28)23-10-11-24-33(31,32)16-7-4-14(3)5-8-16/h4-9,12-13,19,24H,10-11H2,1-3H3,(H,23,28)(H,25,27). The van der Waals surface area contributed by atoms with E-state index < -0.39 is 38.5 Å². The maximum absolute atomic E-state index is 12.6. The molecule has 12 heteroatoms. The lowest BCUT2D eigenvalue weighted by Crippen LogP contribution is -2.50. The second-order valence-corrected chi connectivity index (χ2v) is 9.79. The summed E-state index contributed by atoms with van der Waals surface area (Å²) in [4.78, 5) is 35.6. The van der Waals surface area contributed by atoms with E-state index in [0.717, 1.165) is 11.6 Å². The molecule has 10 nitrogen and oxygen atoms in total. The molecule has 1 atom stereocenters. The number of benzene rings is 2. The number of nitrogens with zero attached hydrogens (tertiary/aromatic N) is 1. The highest BCUT2D eigenvalue weighted by molar-refractivity contribution is 7.89. The average molecular weight is 497 g/mol. The van der Waals surface area contributed by atoms with E-state index >= 15 is 0 Å². The topological polar surface area (TPSA) is 148 Å². The van der Waals surface area contributed by atoms with Crippen molar-refractivity contribution in [2.75, 3.05) is 13.1 Å². The molecular weight excluding hydrogens is 472 g/mol. The number of nitrogens with one attached hydrogen (secondary N) is 3. The fourth-order valence-electron chi connectivity index (χ4n) is 2.84. The average Bonchev–Trinajstić information content (AvgIpc) is 2.75. The molecule has 0 bridgehead atoms. The molecule has 2 amide bonds. The number of amides is 2. The van der Waals surface area contributed by atoms with E-state index in [0.29, 0.717) is 0 Å². The maximum atomic E-state index is 12.6. The summed E-state index contributed by atoms with van der Waals surface area (Å²) in [7, 11) is -3.72. The molecular formula is C21H25ClN4O6S. The predicted octanol–water partition coefficient (Wildman–Crippen LogP) is 2.41. The number of rotatable bonds is 10. The Kier molecular flexibility index (Phi) is 8.91. The highest BCUT2D eigenvalue weighted by Crippen LogP contribution is 2.25. The van der Waals surface area contributed by atoms with Gasteiger partial charge in [0, 0.05) is 24.7 Å². The van der Waals surface area contributed by atoms with Crippen molar-refractivity contribution in [3.05, 3.63) is 68.7 Å². The fourth-order valence-corrected chi connectivity index (χ4v) is 4.05. The molecule has 0 spiro atoms. The Morgan fingerprint density at radius 2 is 1.73 bits per heavy atom. The Hall–Kier alpha value is -3.02. The quantitative estimate of drug-likeness (QED) is 0.261. The van der Waals surface area contributed by atoms with Crippen molar-refractivity contribution < 1.29 is 22.9 Å². The molecule has 0 radical (unpaired) electrons. The van der Waals surface area contributed by atoms with Crippen molar-refractivity contribution in [1.29, 1.82) is 0 Å². The summed E-state index contributed by atoms with van der Waals surface area (Å²) in [5, 5.41) is 16.1. The number of nitro benzene ring substituents is 1. The van der Waals surface area contributed by atoms with Crippen LogP contribution in [0.25, 0.3) is 0 Å². The molecule has 2 aromatic carbocycles. The Morgan fingerprint density at radius 3 is 2.30 bits per heavy atom. The molecule has 0 aliphatic carbocycles. The van der Waals surface area contributed by atoms with Crippen LogP contribution in [0.3, 0.4) is 0 Å². The second kappa shape index (κ2) is 11.2. The molecule has 3 N–H and O–H groups in total. The molecule has 0 aliphatic heterocycles. The maximum Gasteiger partial charge on any atom is 0.288 e. The number of carbonyl (C=O) groups is 2. The van der Waals surface area contributed by atoms with Gasteiger partial charge in [-0.3, -0.25) is 19.7 Å². The minimum Gasteiger partial charge on any atom is -0.353 e. The van der Waals surface area contributed by atoms with E-state index in [1.807, 2.05) is 6.92 Å². The zero-order valence-electron chi connectivity index (χ0n) is 18.3. The van der Waals surface area contributed by atoms with Crippen LogP contribution in [0.5, 0.6) is 0 Å². The van der Waals surface area contributed by atoms with Gasteiger partial charge in [-0.05, 0) is 37.1 Å². The summed E-state index contributed by atoms with van der Waals surface area (Å²) in [5.74, 6) is -1.50. The molecule has 2 rings (SSSR count). The number of carbonyl (C=O) groups excluding carboxylic acids is 2. The zero-order chi connectivity index (χ0) is 24.8. The van der Waals surface area contributed by atoms with Gasteiger partial charge in [-0.25, -0.2) is 13.1 Å². The van der Waals surface area contributed by atoms with Gasteiger partial charge in [0.1, 0.15) is 11.1 Å². The molecule has 0 aliphatic rings. The van der Waals surface area contributed by atoms with Crippen molar-refractivity contribution >= 4 is 39.1 Å². The van der Waals surface area contributed by atoms with Gasteiger partial charge in [-0.1, -0.05) is 43.1 Å². The van der Waals surface area contributed by atoms with E-state index in [9.17, 15) is 28.1 Å². The molecule has 0 fully saturated rings. The number of hydrogen-bond acceptors (Lipinski definition) is 6. The third kappa shape index (κ3) is 7.24. The van der Waals surface area contributed by atoms with Gasteiger partial charge in [0.2, 0.25) is 15.9 Å². The summed E-state index contributed by atoms with van der Waals surface area (Å²) in [5.41, 5.74) is 0.488. The van der Waals surface area contributed by atoms with Crippen molar-refractivity contribution in [3.63, 3.8) is 0 Å². The molecule has 33 heavy (non-hydrogen) atoms. The summed E-state index contributed by atoms with van der Waals surface area (Å²) in [6.07, 6.45) is 0. The van der Waals surface area contributed by atoms with Gasteiger partial charge < -0.3 is 10.6 Å². The number of hydrogen-bond donors (Lipinski definition) is 3. The van der Waals surface area contributed by atoms with Crippen LogP contribution in [0.4, 0.5) is 5.69 Å². The van der Waals surface area contributed by atoms with E-state index in [2.05, 4.69) is 15.4 Å². The largest absolute Gasteiger partial charge is 0.353 e. The first-order valence-corrected chi connectivity index (χ1v) is 11.9. The van der Waals surface area contributed by atoms with Crippen LogP contribution in [0.1, 0.15) is 29.8 Å².